The predicted molar refractivity (Wildman–Crippen MR) is 82.9 cm³/mol. The average molecular weight is 287 g/mol. The van der Waals surface area contributed by atoms with E-state index < -0.39 is 0 Å². The highest BCUT2D eigenvalue weighted by molar-refractivity contribution is 7.11. The second-order valence-electron chi connectivity index (χ2n) is 4.33. The van der Waals surface area contributed by atoms with Crippen LogP contribution in [0.5, 0.6) is 5.75 Å². The molecule has 4 heteroatoms. The van der Waals surface area contributed by atoms with Crippen molar-refractivity contribution in [2.45, 2.75) is 13.5 Å². The number of rotatable bonds is 5. The molecular formula is C16H17NO2S. The molecule has 2 aromatic rings. The quantitative estimate of drug-likeness (QED) is 0.856. The van der Waals surface area contributed by atoms with E-state index in [2.05, 4.69) is 5.32 Å². The largest absolute Gasteiger partial charge is 0.496 e. The van der Waals surface area contributed by atoms with Crippen LogP contribution in [0.1, 0.15) is 16.0 Å². The summed E-state index contributed by atoms with van der Waals surface area (Å²) < 4.78 is 5.24. The summed E-state index contributed by atoms with van der Waals surface area (Å²) in [5, 5.41) is 4.87. The van der Waals surface area contributed by atoms with Gasteiger partial charge >= 0.3 is 0 Å². The van der Waals surface area contributed by atoms with Gasteiger partial charge in [-0.15, -0.1) is 11.3 Å². The summed E-state index contributed by atoms with van der Waals surface area (Å²) in [5.41, 5.74) is 2.15. The lowest BCUT2D eigenvalue weighted by atomic mass is 10.2. The number of para-hydroxylation sites is 1. The Morgan fingerprint density at radius 2 is 2.15 bits per heavy atom. The molecule has 1 heterocycles. The Kier molecular flexibility index (Phi) is 4.96. The summed E-state index contributed by atoms with van der Waals surface area (Å²) in [7, 11) is 1.63. The molecule has 0 aliphatic rings. The first-order chi connectivity index (χ1) is 9.70. The van der Waals surface area contributed by atoms with Gasteiger partial charge < -0.3 is 10.1 Å². The fourth-order valence-corrected chi connectivity index (χ4v) is 2.62. The molecule has 1 aromatic carbocycles. The van der Waals surface area contributed by atoms with Crippen LogP contribution in [-0.2, 0) is 11.3 Å². The van der Waals surface area contributed by atoms with Crippen molar-refractivity contribution < 1.29 is 9.53 Å². The van der Waals surface area contributed by atoms with Crippen LogP contribution in [0.25, 0.3) is 6.08 Å². The third kappa shape index (κ3) is 3.71. The molecule has 0 atom stereocenters. The maximum absolute atomic E-state index is 11.8. The van der Waals surface area contributed by atoms with Crippen molar-refractivity contribution in [3.05, 3.63) is 57.8 Å². The van der Waals surface area contributed by atoms with Crippen molar-refractivity contribution in [2.24, 2.45) is 0 Å². The molecule has 0 aliphatic heterocycles. The fourth-order valence-electron chi connectivity index (χ4n) is 1.80. The molecule has 0 aliphatic carbocycles. The van der Waals surface area contributed by atoms with Crippen molar-refractivity contribution >= 4 is 23.3 Å². The van der Waals surface area contributed by atoms with E-state index in [1.165, 1.54) is 5.56 Å². The summed E-state index contributed by atoms with van der Waals surface area (Å²) >= 11 is 1.63. The summed E-state index contributed by atoms with van der Waals surface area (Å²) in [6, 6.07) is 9.69. The molecular weight excluding hydrogens is 270 g/mol. The summed E-state index contributed by atoms with van der Waals surface area (Å²) in [4.78, 5) is 12.9. The van der Waals surface area contributed by atoms with Crippen molar-refractivity contribution in [2.75, 3.05) is 7.11 Å². The van der Waals surface area contributed by atoms with Gasteiger partial charge in [0.05, 0.1) is 7.11 Å². The Morgan fingerprint density at radius 1 is 1.35 bits per heavy atom. The van der Waals surface area contributed by atoms with E-state index in [-0.39, 0.29) is 5.91 Å². The Balaban J connectivity index is 1.92. The Labute approximate surface area is 122 Å². The van der Waals surface area contributed by atoms with E-state index in [1.807, 2.05) is 48.7 Å². The van der Waals surface area contributed by atoms with Crippen LogP contribution >= 0.6 is 11.3 Å². The maximum atomic E-state index is 11.8. The van der Waals surface area contributed by atoms with Crippen molar-refractivity contribution in [1.29, 1.82) is 0 Å². The number of nitrogens with one attached hydrogen (secondary N) is 1. The Bertz CT molecular complexity index is 616. The zero-order valence-corrected chi connectivity index (χ0v) is 12.4. The first-order valence-corrected chi connectivity index (χ1v) is 7.20. The zero-order chi connectivity index (χ0) is 14.4. The van der Waals surface area contributed by atoms with Crippen molar-refractivity contribution in [3.8, 4) is 5.75 Å². The number of amides is 1. The third-order valence-corrected chi connectivity index (χ3v) is 3.92. The van der Waals surface area contributed by atoms with Gasteiger partial charge in [0.15, 0.2) is 0 Å². The smallest absolute Gasteiger partial charge is 0.244 e. The molecule has 0 unspecified atom stereocenters. The van der Waals surface area contributed by atoms with E-state index in [0.717, 1.165) is 16.2 Å². The number of thiophene rings is 1. The highest BCUT2D eigenvalue weighted by Crippen LogP contribution is 2.18. The molecule has 2 rings (SSSR count). The zero-order valence-electron chi connectivity index (χ0n) is 11.6. The second-order valence-corrected chi connectivity index (χ2v) is 5.28. The number of carbonyl (C=O) groups is 1. The molecule has 1 amide bonds. The molecule has 104 valence electrons. The fraction of sp³-hybridized carbons (Fsp3) is 0.188. The summed E-state index contributed by atoms with van der Waals surface area (Å²) in [6.45, 7) is 2.49. The number of carbonyl (C=O) groups excluding carboxylic acids is 1. The molecule has 1 aromatic heterocycles. The number of aryl methyl sites for hydroxylation is 1. The van der Waals surface area contributed by atoms with Crippen molar-refractivity contribution in [3.63, 3.8) is 0 Å². The summed E-state index contributed by atoms with van der Waals surface area (Å²) in [6.07, 6.45) is 3.41. The standard InChI is InChI=1S/C16H17NO2S/c1-12-9-10-20-15(12)7-8-16(18)17-11-13-5-3-4-6-14(13)19-2/h3-10H,11H2,1-2H3,(H,17,18)/b8-7+. The number of hydrogen-bond donors (Lipinski definition) is 1. The molecule has 1 N–H and O–H groups in total. The second kappa shape index (κ2) is 6.91. The van der Waals surface area contributed by atoms with E-state index >= 15 is 0 Å². The van der Waals surface area contributed by atoms with E-state index in [4.69, 9.17) is 4.74 Å². The minimum Gasteiger partial charge on any atom is -0.496 e. The SMILES string of the molecule is COc1ccccc1CNC(=O)/C=C/c1sccc1C. The number of ether oxygens (including phenoxy) is 1. The normalized spacial score (nSPS) is 10.7. The van der Waals surface area contributed by atoms with Crippen molar-refractivity contribution in [1.82, 2.24) is 5.32 Å². The van der Waals surface area contributed by atoms with Gasteiger partial charge in [-0.2, -0.15) is 0 Å². The van der Waals surface area contributed by atoms with Gasteiger partial charge in [-0.3, -0.25) is 4.79 Å². The lowest BCUT2D eigenvalue weighted by Gasteiger charge is -2.08. The molecule has 0 saturated carbocycles. The lowest BCUT2D eigenvalue weighted by molar-refractivity contribution is -0.116. The van der Waals surface area contributed by atoms with Gasteiger partial charge in [-0.1, -0.05) is 18.2 Å². The summed E-state index contributed by atoms with van der Waals surface area (Å²) in [5.74, 6) is 0.676. The van der Waals surface area contributed by atoms with E-state index in [0.29, 0.717) is 6.54 Å². The van der Waals surface area contributed by atoms with Gasteiger partial charge in [-0.05, 0) is 36.1 Å². The molecule has 3 nitrogen and oxygen atoms in total. The molecule has 0 saturated heterocycles. The maximum Gasteiger partial charge on any atom is 0.244 e. The van der Waals surface area contributed by atoms with E-state index in [1.54, 1.807) is 24.5 Å². The van der Waals surface area contributed by atoms with Crippen LogP contribution in [0.4, 0.5) is 0 Å². The highest BCUT2D eigenvalue weighted by Gasteiger charge is 2.03. The minimum atomic E-state index is -0.108. The van der Waals surface area contributed by atoms with Gasteiger partial charge in [0.25, 0.3) is 0 Å². The van der Waals surface area contributed by atoms with Crippen LogP contribution in [0.15, 0.2) is 41.8 Å². The van der Waals surface area contributed by atoms with Crippen LogP contribution in [0.3, 0.4) is 0 Å². The van der Waals surface area contributed by atoms with Gasteiger partial charge in [-0.25, -0.2) is 0 Å². The number of methoxy groups -OCH3 is 1. The first kappa shape index (κ1) is 14.3. The molecule has 0 bridgehead atoms. The van der Waals surface area contributed by atoms with Crippen LogP contribution in [-0.4, -0.2) is 13.0 Å². The molecule has 0 radical (unpaired) electrons. The monoisotopic (exact) mass is 287 g/mol. The van der Waals surface area contributed by atoms with Gasteiger partial charge in [0.1, 0.15) is 5.75 Å². The average Bonchev–Trinajstić information content (AvgIpc) is 2.88. The third-order valence-electron chi connectivity index (χ3n) is 2.93. The van der Waals surface area contributed by atoms with Crippen LogP contribution in [0.2, 0.25) is 0 Å². The van der Waals surface area contributed by atoms with Gasteiger partial charge in [0, 0.05) is 23.1 Å². The van der Waals surface area contributed by atoms with Crippen LogP contribution in [0, 0.1) is 6.92 Å². The Morgan fingerprint density at radius 3 is 2.85 bits per heavy atom. The highest BCUT2D eigenvalue weighted by atomic mass is 32.1. The number of benzene rings is 1. The van der Waals surface area contributed by atoms with E-state index in [9.17, 15) is 4.79 Å². The number of hydrogen-bond acceptors (Lipinski definition) is 3. The molecule has 0 spiro atoms. The molecule has 20 heavy (non-hydrogen) atoms. The lowest BCUT2D eigenvalue weighted by Crippen LogP contribution is -2.20. The van der Waals surface area contributed by atoms with Crippen LogP contribution < -0.4 is 10.1 Å². The predicted octanol–water partition coefficient (Wildman–Crippen LogP) is 3.39. The van der Waals surface area contributed by atoms with Gasteiger partial charge in [0.2, 0.25) is 5.91 Å². The topological polar surface area (TPSA) is 38.3 Å². The molecule has 0 fully saturated rings. The Hall–Kier alpha value is -2.07. The first-order valence-electron chi connectivity index (χ1n) is 6.32. The minimum absolute atomic E-state index is 0.108.